The molecule has 3 rings (SSSR count). The molecule has 0 unspecified atom stereocenters. The van der Waals surface area contributed by atoms with Crippen molar-refractivity contribution in [3.05, 3.63) is 47.0 Å². The molecule has 6 nitrogen and oxygen atoms in total. The molecule has 1 aliphatic rings. The first kappa shape index (κ1) is 22.4. The summed E-state index contributed by atoms with van der Waals surface area (Å²) in [6, 6.07) is 5.22. The maximum Gasteiger partial charge on any atom is 0.416 e. The van der Waals surface area contributed by atoms with Crippen LogP contribution in [0, 0.1) is 0 Å². The van der Waals surface area contributed by atoms with Gasteiger partial charge in [-0.3, -0.25) is 0 Å². The van der Waals surface area contributed by atoms with E-state index in [1.807, 2.05) is 6.92 Å². The zero-order valence-electron chi connectivity index (χ0n) is 15.6. The topological polar surface area (TPSA) is 67.1 Å². The van der Waals surface area contributed by atoms with Gasteiger partial charge in [0, 0.05) is 19.5 Å². The predicted molar refractivity (Wildman–Crippen MR) is 111 cm³/mol. The van der Waals surface area contributed by atoms with Gasteiger partial charge in [-0.15, -0.1) is 34.2 Å². The van der Waals surface area contributed by atoms with Crippen molar-refractivity contribution in [1.82, 2.24) is 25.4 Å². The number of hydrogen-bond acceptors (Lipinski definition) is 3. The molecule has 0 fully saturated rings. The zero-order chi connectivity index (χ0) is 19.3. The number of halogens is 4. The van der Waals surface area contributed by atoms with Gasteiger partial charge in [-0.05, 0) is 37.5 Å². The van der Waals surface area contributed by atoms with Gasteiger partial charge in [0.25, 0.3) is 0 Å². The van der Waals surface area contributed by atoms with Crippen molar-refractivity contribution in [2.24, 2.45) is 4.99 Å². The molecule has 1 aromatic carbocycles. The molecule has 0 bridgehead atoms. The quantitative estimate of drug-likeness (QED) is 0.369. The summed E-state index contributed by atoms with van der Waals surface area (Å²) in [6.07, 6.45) is -1.17. The van der Waals surface area contributed by atoms with Crippen LogP contribution in [0.25, 0.3) is 0 Å². The molecular formula is C18H24F3IN6. The minimum absolute atomic E-state index is 0. The number of benzene rings is 1. The molecule has 0 atom stereocenters. The number of nitrogens with zero attached hydrogens (tertiary/aromatic N) is 4. The summed E-state index contributed by atoms with van der Waals surface area (Å²) in [5.41, 5.74) is -0.162. The Kier molecular flexibility index (Phi) is 8.08. The van der Waals surface area contributed by atoms with Gasteiger partial charge in [0.05, 0.1) is 18.7 Å². The van der Waals surface area contributed by atoms with E-state index in [9.17, 15) is 13.2 Å². The molecule has 2 heterocycles. The minimum atomic E-state index is -4.35. The number of fused-ring (bicyclic) bond motifs is 1. The van der Waals surface area contributed by atoms with Crippen LogP contribution < -0.4 is 10.6 Å². The van der Waals surface area contributed by atoms with Crippen molar-refractivity contribution >= 4 is 29.9 Å². The number of rotatable bonds is 5. The van der Waals surface area contributed by atoms with Gasteiger partial charge in [0.2, 0.25) is 0 Å². The predicted octanol–water partition coefficient (Wildman–Crippen LogP) is 3.51. The van der Waals surface area contributed by atoms with E-state index in [0.29, 0.717) is 24.6 Å². The molecule has 0 saturated heterocycles. The SMILES string of the molecule is CCNC(=NCc1cccc(C(F)(F)F)c1)NCc1nnc2n1CCCC2.I. The first-order chi connectivity index (χ1) is 13.0. The summed E-state index contributed by atoms with van der Waals surface area (Å²) >= 11 is 0. The van der Waals surface area contributed by atoms with Crippen LogP contribution in [0.3, 0.4) is 0 Å². The van der Waals surface area contributed by atoms with E-state index >= 15 is 0 Å². The minimum Gasteiger partial charge on any atom is -0.357 e. The van der Waals surface area contributed by atoms with Crippen LogP contribution in [-0.2, 0) is 32.2 Å². The van der Waals surface area contributed by atoms with Crippen molar-refractivity contribution in [2.75, 3.05) is 6.54 Å². The molecule has 1 aromatic heterocycles. The van der Waals surface area contributed by atoms with Gasteiger partial charge in [0.15, 0.2) is 11.8 Å². The fourth-order valence-electron chi connectivity index (χ4n) is 3.02. The van der Waals surface area contributed by atoms with E-state index in [4.69, 9.17) is 0 Å². The number of aliphatic imine (C=N–C) groups is 1. The van der Waals surface area contributed by atoms with E-state index in [0.717, 1.165) is 49.6 Å². The summed E-state index contributed by atoms with van der Waals surface area (Å²) in [5.74, 6) is 2.38. The summed E-state index contributed by atoms with van der Waals surface area (Å²) in [4.78, 5) is 4.39. The third-order valence-corrected chi connectivity index (χ3v) is 4.37. The number of aryl methyl sites for hydroxylation is 1. The Morgan fingerprint density at radius 3 is 2.79 bits per heavy atom. The highest BCUT2D eigenvalue weighted by Crippen LogP contribution is 2.29. The van der Waals surface area contributed by atoms with Crippen molar-refractivity contribution < 1.29 is 13.2 Å². The average molecular weight is 508 g/mol. The first-order valence-corrected chi connectivity index (χ1v) is 9.06. The molecule has 0 saturated carbocycles. The lowest BCUT2D eigenvalue weighted by Crippen LogP contribution is -2.37. The lowest BCUT2D eigenvalue weighted by atomic mass is 10.1. The normalized spacial score (nSPS) is 14.2. The van der Waals surface area contributed by atoms with Gasteiger partial charge in [-0.1, -0.05) is 12.1 Å². The molecule has 2 aromatic rings. The molecule has 154 valence electrons. The molecule has 0 radical (unpaired) electrons. The number of nitrogens with one attached hydrogen (secondary N) is 2. The Morgan fingerprint density at radius 1 is 1.21 bits per heavy atom. The highest BCUT2D eigenvalue weighted by atomic mass is 127. The largest absolute Gasteiger partial charge is 0.416 e. The molecule has 2 N–H and O–H groups in total. The fourth-order valence-corrected chi connectivity index (χ4v) is 3.02. The van der Waals surface area contributed by atoms with Crippen LogP contribution in [0.5, 0.6) is 0 Å². The van der Waals surface area contributed by atoms with Gasteiger partial charge in [0.1, 0.15) is 5.82 Å². The third-order valence-electron chi connectivity index (χ3n) is 4.37. The highest BCUT2D eigenvalue weighted by Gasteiger charge is 2.30. The molecule has 0 amide bonds. The average Bonchev–Trinajstić information content (AvgIpc) is 3.07. The first-order valence-electron chi connectivity index (χ1n) is 9.06. The van der Waals surface area contributed by atoms with Crippen molar-refractivity contribution in [2.45, 2.75) is 52.0 Å². The van der Waals surface area contributed by atoms with Gasteiger partial charge >= 0.3 is 6.18 Å². The zero-order valence-corrected chi connectivity index (χ0v) is 17.9. The van der Waals surface area contributed by atoms with Crippen LogP contribution in [0.15, 0.2) is 29.3 Å². The Morgan fingerprint density at radius 2 is 2.04 bits per heavy atom. The molecule has 28 heavy (non-hydrogen) atoms. The van der Waals surface area contributed by atoms with Crippen molar-refractivity contribution in [1.29, 1.82) is 0 Å². The maximum atomic E-state index is 12.8. The van der Waals surface area contributed by atoms with Crippen molar-refractivity contribution in [3.63, 3.8) is 0 Å². The summed E-state index contributed by atoms with van der Waals surface area (Å²) in [6.45, 7) is 4.10. The van der Waals surface area contributed by atoms with Crippen LogP contribution in [-0.4, -0.2) is 27.3 Å². The lowest BCUT2D eigenvalue weighted by Gasteiger charge is -2.16. The third kappa shape index (κ3) is 5.82. The number of hydrogen-bond donors (Lipinski definition) is 2. The Balaban J connectivity index is 0.00000280. The van der Waals surface area contributed by atoms with E-state index in [1.165, 1.54) is 6.07 Å². The second kappa shape index (κ2) is 10.1. The van der Waals surface area contributed by atoms with E-state index in [1.54, 1.807) is 6.07 Å². The van der Waals surface area contributed by atoms with Crippen LogP contribution in [0.1, 0.15) is 42.5 Å². The molecule has 0 spiro atoms. The molecular weight excluding hydrogens is 484 g/mol. The van der Waals surface area contributed by atoms with Crippen LogP contribution in [0.2, 0.25) is 0 Å². The van der Waals surface area contributed by atoms with Gasteiger partial charge in [-0.25, -0.2) is 4.99 Å². The van der Waals surface area contributed by atoms with E-state index in [2.05, 4.69) is 30.4 Å². The molecule has 10 heteroatoms. The van der Waals surface area contributed by atoms with Crippen LogP contribution in [0.4, 0.5) is 13.2 Å². The number of guanidine groups is 1. The standard InChI is InChI=1S/C18H23F3N6.HI/c1-2-22-17(23-11-13-6-5-7-14(10-13)18(19,20)21)24-12-16-26-25-15-8-3-4-9-27(15)16;/h5-7,10H,2-4,8-9,11-12H2,1H3,(H2,22,23,24);1H. The maximum absolute atomic E-state index is 12.8. The molecule has 0 aliphatic carbocycles. The monoisotopic (exact) mass is 508 g/mol. The summed E-state index contributed by atoms with van der Waals surface area (Å²) in [7, 11) is 0. The fraction of sp³-hybridized carbons (Fsp3) is 0.500. The smallest absolute Gasteiger partial charge is 0.357 e. The van der Waals surface area contributed by atoms with E-state index < -0.39 is 11.7 Å². The summed E-state index contributed by atoms with van der Waals surface area (Å²) in [5, 5.41) is 14.7. The second-order valence-corrected chi connectivity index (χ2v) is 6.39. The number of alkyl halides is 3. The van der Waals surface area contributed by atoms with Crippen molar-refractivity contribution in [3.8, 4) is 0 Å². The second-order valence-electron chi connectivity index (χ2n) is 6.39. The van der Waals surface area contributed by atoms with Gasteiger partial charge < -0.3 is 15.2 Å². The van der Waals surface area contributed by atoms with Gasteiger partial charge in [-0.2, -0.15) is 13.2 Å². The Labute approximate surface area is 179 Å². The van der Waals surface area contributed by atoms with E-state index in [-0.39, 0.29) is 30.5 Å². The Bertz CT molecular complexity index is 803. The summed E-state index contributed by atoms with van der Waals surface area (Å²) < 4.78 is 40.6. The van der Waals surface area contributed by atoms with Crippen LogP contribution >= 0.6 is 24.0 Å². The lowest BCUT2D eigenvalue weighted by molar-refractivity contribution is -0.137. The Hall–Kier alpha value is -1.85. The highest BCUT2D eigenvalue weighted by molar-refractivity contribution is 14.0. The molecule has 1 aliphatic heterocycles. The number of aromatic nitrogens is 3.